The van der Waals surface area contributed by atoms with Gasteiger partial charge in [0.1, 0.15) is 0 Å². The lowest BCUT2D eigenvalue weighted by molar-refractivity contribution is 0.140. The number of hydrogen-bond acceptors (Lipinski definition) is 5. The van der Waals surface area contributed by atoms with Crippen LogP contribution in [0.5, 0.6) is 0 Å². The van der Waals surface area contributed by atoms with Gasteiger partial charge in [-0.3, -0.25) is 5.32 Å². The topological polar surface area (TPSA) is 76.1 Å². The molecular formula is C11H14N4O2S. The molecule has 18 heavy (non-hydrogen) atoms. The third-order valence-corrected chi connectivity index (χ3v) is 3.82. The number of aromatic nitrogens is 2. The Balaban J connectivity index is 1.48. The van der Waals surface area contributed by atoms with E-state index in [2.05, 4.69) is 31.5 Å². The highest BCUT2D eigenvalue weighted by molar-refractivity contribution is 6.99. The number of nitrogens with one attached hydrogen (secondary N) is 2. The lowest BCUT2D eigenvalue weighted by Gasteiger charge is -2.22. The Bertz CT molecular complexity index is 448. The number of carbonyl (C=O) groups excluding carboxylic acids is 1. The normalized spacial score (nSPS) is 29.2. The van der Waals surface area contributed by atoms with Gasteiger partial charge in [-0.15, -0.1) is 0 Å². The summed E-state index contributed by atoms with van der Waals surface area (Å²) < 4.78 is 13.3. The van der Waals surface area contributed by atoms with E-state index in [0.29, 0.717) is 30.3 Å². The number of rotatable bonds is 3. The number of fused-ring (bicyclic) bond motifs is 2. The summed E-state index contributed by atoms with van der Waals surface area (Å²) in [5.74, 6) is 1.38. The molecule has 0 unspecified atom stereocenters. The zero-order valence-electron chi connectivity index (χ0n) is 9.70. The molecule has 2 aliphatic rings. The number of urea groups is 1. The number of anilines is 1. The van der Waals surface area contributed by atoms with Crippen molar-refractivity contribution in [2.75, 3.05) is 18.5 Å². The largest absolute Gasteiger partial charge is 0.374 e. The van der Waals surface area contributed by atoms with Crippen LogP contribution in [0, 0.1) is 11.8 Å². The van der Waals surface area contributed by atoms with Crippen LogP contribution in [0.1, 0.15) is 6.42 Å². The van der Waals surface area contributed by atoms with Crippen molar-refractivity contribution in [3.05, 3.63) is 18.3 Å². The summed E-state index contributed by atoms with van der Waals surface area (Å²) in [6, 6.07) is -0.239. The molecule has 6 nitrogen and oxygen atoms in total. The first-order chi connectivity index (χ1) is 8.81. The van der Waals surface area contributed by atoms with Gasteiger partial charge in [0.15, 0.2) is 5.82 Å². The highest BCUT2D eigenvalue weighted by atomic mass is 32.1. The molecule has 3 rings (SSSR count). The molecule has 2 amide bonds. The van der Waals surface area contributed by atoms with Crippen LogP contribution in [-0.2, 0) is 4.74 Å². The second-order valence-corrected chi connectivity index (χ2v) is 5.10. The van der Waals surface area contributed by atoms with Crippen molar-refractivity contribution in [1.29, 1.82) is 0 Å². The van der Waals surface area contributed by atoms with Crippen molar-refractivity contribution < 1.29 is 9.53 Å². The maximum absolute atomic E-state index is 11.6. The van der Waals surface area contributed by atoms with Gasteiger partial charge >= 0.3 is 6.03 Å². The number of amides is 2. The minimum absolute atomic E-state index is 0.239. The Labute approximate surface area is 109 Å². The second kappa shape index (κ2) is 5.03. The summed E-state index contributed by atoms with van der Waals surface area (Å²) in [5, 5.41) is 5.49. The van der Waals surface area contributed by atoms with Crippen LogP contribution in [0.25, 0.3) is 0 Å². The van der Waals surface area contributed by atoms with Gasteiger partial charge in [0.25, 0.3) is 0 Å². The molecule has 1 saturated heterocycles. The van der Waals surface area contributed by atoms with Crippen molar-refractivity contribution in [3.63, 3.8) is 0 Å². The molecule has 2 N–H and O–H groups in total. The average molecular weight is 266 g/mol. The third-order valence-electron chi connectivity index (χ3n) is 3.34. The van der Waals surface area contributed by atoms with E-state index in [1.807, 2.05) is 0 Å². The van der Waals surface area contributed by atoms with Crippen LogP contribution in [0.15, 0.2) is 18.3 Å². The summed E-state index contributed by atoms with van der Waals surface area (Å²) in [4.78, 5) is 11.6. The molecular weight excluding hydrogens is 252 g/mol. The summed E-state index contributed by atoms with van der Waals surface area (Å²) in [5.41, 5.74) is 0. The van der Waals surface area contributed by atoms with E-state index in [0.717, 1.165) is 24.8 Å². The molecule has 1 fully saturated rings. The molecule has 1 aromatic heterocycles. The van der Waals surface area contributed by atoms with Crippen molar-refractivity contribution >= 4 is 23.6 Å². The monoisotopic (exact) mass is 266 g/mol. The van der Waals surface area contributed by atoms with Gasteiger partial charge in [0, 0.05) is 6.54 Å². The van der Waals surface area contributed by atoms with E-state index in [1.54, 1.807) is 0 Å². The third kappa shape index (κ3) is 2.51. The molecule has 0 aromatic carbocycles. The van der Waals surface area contributed by atoms with E-state index in [4.69, 9.17) is 4.74 Å². The number of hydrogen-bond donors (Lipinski definition) is 2. The molecule has 3 atom stereocenters. The van der Waals surface area contributed by atoms with Crippen LogP contribution in [-0.4, -0.2) is 34.0 Å². The Morgan fingerprint density at radius 1 is 1.56 bits per heavy atom. The van der Waals surface area contributed by atoms with E-state index in [9.17, 15) is 4.79 Å². The summed E-state index contributed by atoms with van der Waals surface area (Å²) in [7, 11) is 0. The number of nitrogens with zero attached hydrogens (tertiary/aromatic N) is 2. The smallest absolute Gasteiger partial charge is 0.320 e. The molecule has 1 aliphatic heterocycles. The quantitative estimate of drug-likeness (QED) is 0.807. The maximum Gasteiger partial charge on any atom is 0.320 e. The maximum atomic E-state index is 11.6. The van der Waals surface area contributed by atoms with Crippen LogP contribution in [0.3, 0.4) is 0 Å². The molecule has 1 aromatic rings. The molecule has 1 aliphatic carbocycles. The zero-order chi connectivity index (χ0) is 12.4. The van der Waals surface area contributed by atoms with Gasteiger partial charge in [0.2, 0.25) is 0 Å². The predicted octanol–water partition coefficient (Wildman–Crippen LogP) is 1.25. The Hall–Kier alpha value is -1.47. The van der Waals surface area contributed by atoms with E-state index in [1.165, 1.54) is 6.20 Å². The van der Waals surface area contributed by atoms with Crippen molar-refractivity contribution in [1.82, 2.24) is 14.1 Å². The van der Waals surface area contributed by atoms with E-state index >= 15 is 0 Å². The fourth-order valence-corrected chi connectivity index (χ4v) is 2.74. The molecule has 7 heteroatoms. The van der Waals surface area contributed by atoms with Crippen molar-refractivity contribution in [2.24, 2.45) is 11.8 Å². The van der Waals surface area contributed by atoms with Crippen LogP contribution < -0.4 is 10.6 Å². The Morgan fingerprint density at radius 2 is 2.50 bits per heavy atom. The average Bonchev–Trinajstić information content (AvgIpc) is 2.99. The lowest BCUT2D eigenvalue weighted by atomic mass is 9.85. The fourth-order valence-electron chi connectivity index (χ4n) is 2.36. The highest BCUT2D eigenvalue weighted by Crippen LogP contribution is 2.32. The van der Waals surface area contributed by atoms with Crippen molar-refractivity contribution in [3.8, 4) is 0 Å². The first-order valence-electron chi connectivity index (χ1n) is 5.93. The van der Waals surface area contributed by atoms with Crippen LogP contribution >= 0.6 is 11.7 Å². The summed E-state index contributed by atoms with van der Waals surface area (Å²) in [6.45, 7) is 1.42. The van der Waals surface area contributed by atoms with E-state index < -0.39 is 0 Å². The lowest BCUT2D eigenvalue weighted by Crippen LogP contribution is -2.35. The Morgan fingerprint density at radius 3 is 3.33 bits per heavy atom. The van der Waals surface area contributed by atoms with Crippen LogP contribution in [0.4, 0.5) is 10.6 Å². The summed E-state index contributed by atoms with van der Waals surface area (Å²) >= 11 is 1.07. The first kappa shape index (κ1) is 11.6. The summed E-state index contributed by atoms with van der Waals surface area (Å²) in [6.07, 6.45) is 7.14. The van der Waals surface area contributed by atoms with Gasteiger partial charge in [0.05, 0.1) is 30.6 Å². The van der Waals surface area contributed by atoms with Gasteiger partial charge < -0.3 is 10.1 Å². The fraction of sp³-hybridized carbons (Fsp3) is 0.545. The molecule has 2 heterocycles. The SMILES string of the molecule is O=C(NC[C@@H]1C=C[C@H]2C[C@@H]1CO2)Nc1cnsn1. The molecule has 2 bridgehead atoms. The molecule has 0 spiro atoms. The first-order valence-corrected chi connectivity index (χ1v) is 6.66. The van der Waals surface area contributed by atoms with Gasteiger partial charge in [-0.2, -0.15) is 8.75 Å². The highest BCUT2D eigenvalue weighted by Gasteiger charge is 2.32. The number of carbonyl (C=O) groups is 1. The molecule has 96 valence electrons. The van der Waals surface area contributed by atoms with Crippen LogP contribution in [0.2, 0.25) is 0 Å². The van der Waals surface area contributed by atoms with Gasteiger partial charge in [-0.1, -0.05) is 12.2 Å². The standard InChI is InChI=1S/C11H14N4O2S/c16-11(14-10-5-13-18-15-10)12-4-7-1-2-9-3-8(7)6-17-9/h1-2,5,7-9H,3-4,6H2,(H2,12,14,15,16)/t7-,8+,9-/m0/s1. The minimum atomic E-state index is -0.239. The number of ether oxygens (including phenoxy) is 1. The Kier molecular flexibility index (Phi) is 3.24. The van der Waals surface area contributed by atoms with Crippen molar-refractivity contribution in [2.45, 2.75) is 12.5 Å². The minimum Gasteiger partial charge on any atom is -0.374 e. The van der Waals surface area contributed by atoms with E-state index in [-0.39, 0.29) is 6.03 Å². The second-order valence-electron chi connectivity index (χ2n) is 4.54. The zero-order valence-corrected chi connectivity index (χ0v) is 10.5. The van der Waals surface area contributed by atoms with Gasteiger partial charge in [-0.25, -0.2) is 4.79 Å². The predicted molar refractivity (Wildman–Crippen MR) is 67.4 cm³/mol. The van der Waals surface area contributed by atoms with Gasteiger partial charge in [-0.05, 0) is 18.3 Å². The molecule has 0 saturated carbocycles. The molecule has 0 radical (unpaired) electrons.